The third-order valence-electron chi connectivity index (χ3n) is 2.50. The van der Waals surface area contributed by atoms with Crippen molar-refractivity contribution in [3.05, 3.63) is 5.82 Å². The molecule has 18 heavy (non-hydrogen) atoms. The summed E-state index contributed by atoms with van der Waals surface area (Å²) in [6, 6.07) is 0. The minimum absolute atomic E-state index is 0.169. The SMILES string of the molecule is CC(C)c1nsc(NC(C)(C)CCS(C)(=O)=O)n1. The van der Waals surface area contributed by atoms with E-state index in [1.54, 1.807) is 0 Å². The van der Waals surface area contributed by atoms with Gasteiger partial charge < -0.3 is 5.32 Å². The van der Waals surface area contributed by atoms with Gasteiger partial charge in [-0.15, -0.1) is 0 Å². The molecule has 7 heteroatoms. The predicted molar refractivity (Wildman–Crippen MR) is 76.0 cm³/mol. The Kier molecular flexibility index (Phi) is 4.72. The Balaban J connectivity index is 2.64. The number of hydrogen-bond donors (Lipinski definition) is 1. The van der Waals surface area contributed by atoms with E-state index in [9.17, 15) is 8.42 Å². The van der Waals surface area contributed by atoms with Crippen molar-refractivity contribution in [2.24, 2.45) is 0 Å². The van der Waals surface area contributed by atoms with Crippen molar-refractivity contribution >= 4 is 26.5 Å². The van der Waals surface area contributed by atoms with Gasteiger partial charge in [0.2, 0.25) is 5.13 Å². The lowest BCUT2D eigenvalue weighted by Gasteiger charge is -2.25. The monoisotopic (exact) mass is 291 g/mol. The number of nitrogens with one attached hydrogen (secondary N) is 1. The lowest BCUT2D eigenvalue weighted by molar-refractivity contribution is 0.535. The number of nitrogens with zero attached hydrogens (tertiary/aromatic N) is 2. The minimum atomic E-state index is -2.93. The van der Waals surface area contributed by atoms with Crippen LogP contribution in [0.4, 0.5) is 5.13 Å². The summed E-state index contributed by atoms with van der Waals surface area (Å²) in [6.45, 7) is 8.02. The molecule has 104 valence electrons. The molecule has 0 aliphatic rings. The highest BCUT2D eigenvalue weighted by Gasteiger charge is 2.21. The van der Waals surface area contributed by atoms with Crippen molar-refractivity contribution in [2.75, 3.05) is 17.3 Å². The van der Waals surface area contributed by atoms with E-state index in [0.717, 1.165) is 11.0 Å². The molecule has 0 aromatic carbocycles. The van der Waals surface area contributed by atoms with E-state index in [2.05, 4.69) is 14.7 Å². The van der Waals surface area contributed by atoms with Gasteiger partial charge in [0.1, 0.15) is 15.7 Å². The van der Waals surface area contributed by atoms with Gasteiger partial charge in [0.05, 0.1) is 5.75 Å². The van der Waals surface area contributed by atoms with Gasteiger partial charge in [-0.2, -0.15) is 4.37 Å². The summed E-state index contributed by atoms with van der Waals surface area (Å²) in [7, 11) is -2.93. The fraction of sp³-hybridized carbons (Fsp3) is 0.818. The zero-order valence-electron chi connectivity index (χ0n) is 11.5. The largest absolute Gasteiger partial charge is 0.355 e. The third-order valence-corrected chi connectivity index (χ3v) is 4.09. The van der Waals surface area contributed by atoms with Crippen LogP contribution in [-0.4, -0.2) is 35.3 Å². The number of hydrogen-bond acceptors (Lipinski definition) is 6. The molecule has 0 saturated carbocycles. The van der Waals surface area contributed by atoms with Crippen molar-refractivity contribution in [3.8, 4) is 0 Å². The fourth-order valence-corrected chi connectivity index (χ4v) is 3.08. The Morgan fingerprint density at radius 3 is 2.44 bits per heavy atom. The van der Waals surface area contributed by atoms with E-state index in [-0.39, 0.29) is 11.3 Å². The van der Waals surface area contributed by atoms with E-state index in [0.29, 0.717) is 12.3 Å². The maximum atomic E-state index is 11.2. The summed E-state index contributed by atoms with van der Waals surface area (Å²) in [5.41, 5.74) is -0.309. The molecule has 5 nitrogen and oxygen atoms in total. The quantitative estimate of drug-likeness (QED) is 0.870. The van der Waals surface area contributed by atoms with Gasteiger partial charge in [-0.25, -0.2) is 13.4 Å². The van der Waals surface area contributed by atoms with Crippen LogP contribution in [0.25, 0.3) is 0 Å². The first-order chi connectivity index (χ1) is 8.09. The van der Waals surface area contributed by atoms with E-state index in [1.807, 2.05) is 27.7 Å². The molecule has 0 radical (unpaired) electrons. The zero-order valence-corrected chi connectivity index (χ0v) is 13.2. The van der Waals surface area contributed by atoms with E-state index < -0.39 is 9.84 Å². The zero-order chi connectivity index (χ0) is 14.0. The highest BCUT2D eigenvalue weighted by molar-refractivity contribution is 7.90. The third kappa shape index (κ3) is 5.30. The molecule has 0 amide bonds. The molecule has 0 aliphatic carbocycles. The second kappa shape index (κ2) is 5.52. The number of anilines is 1. The van der Waals surface area contributed by atoms with Gasteiger partial charge in [-0.3, -0.25) is 0 Å². The maximum absolute atomic E-state index is 11.2. The average Bonchev–Trinajstić information content (AvgIpc) is 2.62. The summed E-state index contributed by atoms with van der Waals surface area (Å²) < 4.78 is 26.6. The van der Waals surface area contributed by atoms with Crippen LogP contribution in [0, 0.1) is 0 Å². The highest BCUT2D eigenvalue weighted by Crippen LogP contribution is 2.22. The fourth-order valence-electron chi connectivity index (χ4n) is 1.31. The van der Waals surface area contributed by atoms with Gasteiger partial charge in [0, 0.05) is 29.2 Å². The van der Waals surface area contributed by atoms with Crippen LogP contribution in [0.3, 0.4) is 0 Å². The number of sulfone groups is 1. The van der Waals surface area contributed by atoms with E-state index >= 15 is 0 Å². The normalized spacial score (nSPS) is 13.0. The van der Waals surface area contributed by atoms with Gasteiger partial charge in [-0.1, -0.05) is 13.8 Å². The maximum Gasteiger partial charge on any atom is 0.202 e. The average molecular weight is 291 g/mol. The van der Waals surface area contributed by atoms with Gasteiger partial charge in [0.25, 0.3) is 0 Å². The second-order valence-corrected chi connectivity index (χ2v) is 8.51. The molecule has 1 N–H and O–H groups in total. The lowest BCUT2D eigenvalue weighted by Crippen LogP contribution is -2.33. The smallest absolute Gasteiger partial charge is 0.202 e. The summed E-state index contributed by atoms with van der Waals surface area (Å²) in [6.07, 6.45) is 1.80. The molecule has 1 aromatic heterocycles. The molecule has 1 aromatic rings. The van der Waals surface area contributed by atoms with E-state index in [4.69, 9.17) is 0 Å². The number of aromatic nitrogens is 2. The molecule has 0 bridgehead atoms. The lowest BCUT2D eigenvalue weighted by atomic mass is 10.0. The first-order valence-corrected chi connectivity index (χ1v) is 8.72. The first kappa shape index (κ1) is 15.4. The number of rotatable bonds is 6. The van der Waals surface area contributed by atoms with Gasteiger partial charge in [-0.05, 0) is 20.3 Å². The van der Waals surface area contributed by atoms with Crippen LogP contribution in [0.15, 0.2) is 0 Å². The van der Waals surface area contributed by atoms with Crippen LogP contribution < -0.4 is 5.32 Å². The Labute approximate surface area is 113 Å². The molecule has 0 saturated heterocycles. The Morgan fingerprint density at radius 1 is 1.39 bits per heavy atom. The summed E-state index contributed by atoms with van der Waals surface area (Å²) >= 11 is 1.32. The first-order valence-electron chi connectivity index (χ1n) is 5.88. The molecule has 0 aliphatic heterocycles. The van der Waals surface area contributed by atoms with Crippen LogP contribution >= 0.6 is 11.5 Å². The molecule has 0 spiro atoms. The van der Waals surface area contributed by atoms with Crippen molar-refractivity contribution in [1.29, 1.82) is 0 Å². The van der Waals surface area contributed by atoms with Crippen molar-refractivity contribution in [1.82, 2.24) is 9.36 Å². The molecule has 1 rings (SSSR count). The van der Waals surface area contributed by atoms with Crippen LogP contribution in [-0.2, 0) is 9.84 Å². The molecule has 1 heterocycles. The molecular formula is C11H21N3O2S2. The molecule has 0 unspecified atom stereocenters. The Bertz CT molecular complexity index is 492. The van der Waals surface area contributed by atoms with Crippen LogP contribution in [0.2, 0.25) is 0 Å². The second-order valence-electron chi connectivity index (χ2n) is 5.50. The van der Waals surface area contributed by atoms with Crippen molar-refractivity contribution in [3.63, 3.8) is 0 Å². The van der Waals surface area contributed by atoms with Crippen molar-refractivity contribution < 1.29 is 8.42 Å². The highest BCUT2D eigenvalue weighted by atomic mass is 32.2. The van der Waals surface area contributed by atoms with Crippen molar-refractivity contribution in [2.45, 2.75) is 45.6 Å². The van der Waals surface area contributed by atoms with E-state index in [1.165, 1.54) is 17.8 Å². The van der Waals surface area contributed by atoms with Crippen LogP contribution in [0.5, 0.6) is 0 Å². The molecule has 0 atom stereocenters. The predicted octanol–water partition coefficient (Wildman–Crippen LogP) is 2.29. The summed E-state index contributed by atoms with van der Waals surface area (Å²) in [4.78, 5) is 4.39. The van der Waals surface area contributed by atoms with Gasteiger partial charge in [0.15, 0.2) is 0 Å². The summed E-state index contributed by atoms with van der Waals surface area (Å²) in [5, 5.41) is 3.99. The standard InChI is InChI=1S/C11H21N3O2S2/c1-8(2)9-12-10(17-14-9)13-11(3,4)6-7-18(5,15)16/h8H,6-7H2,1-5H3,(H,12,13,14). The molecular weight excluding hydrogens is 270 g/mol. The minimum Gasteiger partial charge on any atom is -0.355 e. The summed E-state index contributed by atoms with van der Waals surface area (Å²) in [5.74, 6) is 1.29. The topological polar surface area (TPSA) is 72.0 Å². The Morgan fingerprint density at radius 2 is 2.00 bits per heavy atom. The van der Waals surface area contributed by atoms with Gasteiger partial charge >= 0.3 is 0 Å². The Hall–Kier alpha value is -0.690. The van der Waals surface area contributed by atoms with Crippen LogP contribution in [0.1, 0.15) is 45.9 Å². The molecule has 0 fully saturated rings.